The van der Waals surface area contributed by atoms with Crippen molar-refractivity contribution in [3.05, 3.63) is 0 Å². The molecule has 15 heavy (non-hydrogen) atoms. The van der Waals surface area contributed by atoms with Gasteiger partial charge in [-0.25, -0.2) is 0 Å². The van der Waals surface area contributed by atoms with Crippen molar-refractivity contribution >= 4 is 0 Å². The lowest BCUT2D eigenvalue weighted by molar-refractivity contribution is -0.0513. The average molecular weight is 207 g/mol. The minimum atomic E-state index is 0.806. The second-order valence-corrected chi connectivity index (χ2v) is 6.31. The Hall–Kier alpha value is -0.0400. The molecule has 4 fully saturated rings. The standard InChI is InChI=1S/C14H25N/c1-3-13(15-2)14-11-5-9-4-10(7-11)8-12(14)6-9/h9-15H,3-8H2,1-2H3. The summed E-state index contributed by atoms with van der Waals surface area (Å²) < 4.78 is 0. The lowest BCUT2D eigenvalue weighted by Crippen LogP contribution is -2.52. The minimum Gasteiger partial charge on any atom is -0.317 e. The SMILES string of the molecule is CCC(NC)C1C2CC3CC(C2)CC1C3. The average Bonchev–Trinajstić information content (AvgIpc) is 2.22. The summed E-state index contributed by atoms with van der Waals surface area (Å²) in [6.07, 6.45) is 9.16. The summed E-state index contributed by atoms with van der Waals surface area (Å²) in [4.78, 5) is 0. The normalized spacial score (nSPS) is 49.6. The highest BCUT2D eigenvalue weighted by molar-refractivity contribution is 5.01. The monoisotopic (exact) mass is 207 g/mol. The molecule has 0 heterocycles. The van der Waals surface area contributed by atoms with Crippen molar-refractivity contribution in [2.24, 2.45) is 29.6 Å². The van der Waals surface area contributed by atoms with Crippen LogP contribution in [0.4, 0.5) is 0 Å². The molecule has 1 N–H and O–H groups in total. The quantitative estimate of drug-likeness (QED) is 0.750. The molecule has 0 aromatic heterocycles. The molecule has 0 aromatic carbocycles. The second kappa shape index (κ2) is 3.76. The van der Waals surface area contributed by atoms with E-state index in [2.05, 4.69) is 19.3 Å². The number of nitrogens with one attached hydrogen (secondary N) is 1. The van der Waals surface area contributed by atoms with E-state index in [4.69, 9.17) is 0 Å². The predicted molar refractivity (Wildman–Crippen MR) is 63.7 cm³/mol. The fraction of sp³-hybridized carbons (Fsp3) is 1.00. The summed E-state index contributed by atoms with van der Waals surface area (Å²) >= 11 is 0. The molecular formula is C14H25N. The molecule has 0 aliphatic heterocycles. The maximum Gasteiger partial charge on any atom is 0.00950 e. The van der Waals surface area contributed by atoms with E-state index in [9.17, 15) is 0 Å². The van der Waals surface area contributed by atoms with E-state index < -0.39 is 0 Å². The highest BCUT2D eigenvalue weighted by Crippen LogP contribution is 2.57. The van der Waals surface area contributed by atoms with E-state index in [0.29, 0.717) is 0 Å². The highest BCUT2D eigenvalue weighted by Gasteiger charge is 2.49. The first-order valence-electron chi connectivity index (χ1n) is 6.99. The van der Waals surface area contributed by atoms with Crippen LogP contribution in [-0.4, -0.2) is 13.1 Å². The van der Waals surface area contributed by atoms with Gasteiger partial charge in [0.2, 0.25) is 0 Å². The van der Waals surface area contributed by atoms with Gasteiger partial charge in [-0.3, -0.25) is 0 Å². The first-order valence-corrected chi connectivity index (χ1v) is 6.99. The molecule has 0 radical (unpaired) electrons. The topological polar surface area (TPSA) is 12.0 Å². The Morgan fingerprint density at radius 2 is 1.53 bits per heavy atom. The summed E-state index contributed by atoms with van der Waals surface area (Å²) in [5, 5.41) is 3.58. The van der Waals surface area contributed by atoms with E-state index >= 15 is 0 Å². The Morgan fingerprint density at radius 1 is 1.00 bits per heavy atom. The third-order valence-electron chi connectivity index (χ3n) is 5.57. The molecule has 4 saturated carbocycles. The summed E-state index contributed by atoms with van der Waals surface area (Å²) in [7, 11) is 2.17. The van der Waals surface area contributed by atoms with Crippen LogP contribution in [0.25, 0.3) is 0 Å². The maximum absolute atomic E-state index is 3.58. The zero-order valence-corrected chi connectivity index (χ0v) is 10.2. The van der Waals surface area contributed by atoms with Crippen LogP contribution in [0.3, 0.4) is 0 Å². The van der Waals surface area contributed by atoms with Gasteiger partial charge in [-0.1, -0.05) is 6.92 Å². The molecular weight excluding hydrogens is 182 g/mol. The van der Waals surface area contributed by atoms with Gasteiger partial charge in [0.25, 0.3) is 0 Å². The Balaban J connectivity index is 1.79. The molecule has 0 saturated heterocycles. The lowest BCUT2D eigenvalue weighted by atomic mass is 9.50. The number of hydrogen-bond donors (Lipinski definition) is 1. The van der Waals surface area contributed by atoms with Gasteiger partial charge in [0.15, 0.2) is 0 Å². The van der Waals surface area contributed by atoms with Gasteiger partial charge < -0.3 is 5.32 Å². The molecule has 1 atom stereocenters. The van der Waals surface area contributed by atoms with Crippen molar-refractivity contribution in [2.75, 3.05) is 7.05 Å². The van der Waals surface area contributed by atoms with Crippen molar-refractivity contribution in [3.8, 4) is 0 Å². The van der Waals surface area contributed by atoms with E-state index in [1.165, 1.54) is 6.42 Å². The Kier molecular flexibility index (Phi) is 2.54. The molecule has 4 rings (SSSR count). The van der Waals surface area contributed by atoms with Gasteiger partial charge in [0.1, 0.15) is 0 Å². The van der Waals surface area contributed by atoms with Crippen molar-refractivity contribution in [2.45, 2.75) is 51.5 Å². The third-order valence-corrected chi connectivity index (χ3v) is 5.57. The number of hydrogen-bond acceptors (Lipinski definition) is 1. The molecule has 1 nitrogen and oxygen atoms in total. The smallest absolute Gasteiger partial charge is 0.00950 e. The third kappa shape index (κ3) is 1.54. The van der Waals surface area contributed by atoms with E-state index in [1.54, 1.807) is 32.1 Å². The van der Waals surface area contributed by atoms with E-state index in [0.717, 1.165) is 35.6 Å². The molecule has 86 valence electrons. The van der Waals surface area contributed by atoms with Crippen LogP contribution in [0.5, 0.6) is 0 Å². The van der Waals surface area contributed by atoms with Crippen molar-refractivity contribution < 1.29 is 0 Å². The molecule has 0 aromatic rings. The first-order chi connectivity index (χ1) is 7.31. The Labute approximate surface area is 94.0 Å². The van der Waals surface area contributed by atoms with Crippen LogP contribution in [0.15, 0.2) is 0 Å². The highest BCUT2D eigenvalue weighted by atomic mass is 14.9. The molecule has 1 unspecified atom stereocenters. The molecule has 1 heteroatoms. The van der Waals surface area contributed by atoms with Crippen LogP contribution in [0.2, 0.25) is 0 Å². The first kappa shape index (κ1) is 10.1. The summed E-state index contributed by atoms with van der Waals surface area (Å²) in [6.45, 7) is 2.35. The van der Waals surface area contributed by atoms with Gasteiger partial charge >= 0.3 is 0 Å². The van der Waals surface area contributed by atoms with E-state index in [1.807, 2.05) is 0 Å². The van der Waals surface area contributed by atoms with Crippen LogP contribution in [-0.2, 0) is 0 Å². The Morgan fingerprint density at radius 3 is 1.93 bits per heavy atom. The fourth-order valence-electron chi connectivity index (χ4n) is 5.29. The van der Waals surface area contributed by atoms with Crippen molar-refractivity contribution in [3.63, 3.8) is 0 Å². The van der Waals surface area contributed by atoms with Crippen LogP contribution in [0, 0.1) is 29.6 Å². The largest absolute Gasteiger partial charge is 0.317 e. The molecule has 0 amide bonds. The summed E-state index contributed by atoms with van der Waals surface area (Å²) in [5.41, 5.74) is 0. The van der Waals surface area contributed by atoms with Gasteiger partial charge in [0, 0.05) is 6.04 Å². The fourth-order valence-corrected chi connectivity index (χ4v) is 5.29. The van der Waals surface area contributed by atoms with Gasteiger partial charge in [-0.05, 0) is 75.2 Å². The molecule has 4 aliphatic carbocycles. The van der Waals surface area contributed by atoms with Crippen LogP contribution >= 0.6 is 0 Å². The maximum atomic E-state index is 3.58. The van der Waals surface area contributed by atoms with Gasteiger partial charge in [0.05, 0.1) is 0 Å². The summed E-state index contributed by atoms with van der Waals surface area (Å²) in [6, 6.07) is 0.806. The van der Waals surface area contributed by atoms with Crippen molar-refractivity contribution in [1.82, 2.24) is 5.32 Å². The second-order valence-electron chi connectivity index (χ2n) is 6.31. The molecule has 4 aliphatic rings. The Bertz CT molecular complexity index is 203. The zero-order chi connectivity index (χ0) is 10.4. The van der Waals surface area contributed by atoms with Gasteiger partial charge in [-0.2, -0.15) is 0 Å². The molecule has 4 bridgehead atoms. The predicted octanol–water partition coefficient (Wildman–Crippen LogP) is 3.06. The number of rotatable bonds is 3. The zero-order valence-electron chi connectivity index (χ0n) is 10.2. The summed E-state index contributed by atoms with van der Waals surface area (Å²) in [5.74, 6) is 5.43. The van der Waals surface area contributed by atoms with E-state index in [-0.39, 0.29) is 0 Å². The molecule has 0 spiro atoms. The van der Waals surface area contributed by atoms with Crippen LogP contribution in [0.1, 0.15) is 45.4 Å². The minimum absolute atomic E-state index is 0.806. The van der Waals surface area contributed by atoms with Crippen molar-refractivity contribution in [1.29, 1.82) is 0 Å². The lowest BCUT2D eigenvalue weighted by Gasteiger charge is -2.56. The van der Waals surface area contributed by atoms with Crippen LogP contribution < -0.4 is 5.32 Å². The van der Waals surface area contributed by atoms with Gasteiger partial charge in [-0.15, -0.1) is 0 Å².